The maximum atomic E-state index is 12.4. The maximum absolute atomic E-state index is 12.4. The summed E-state index contributed by atoms with van der Waals surface area (Å²) < 4.78 is 23.7. The molecule has 0 unspecified atom stereocenters. The number of fused-ring (bicyclic) bond motifs is 1. The lowest BCUT2D eigenvalue weighted by Crippen LogP contribution is -2.29. The van der Waals surface area contributed by atoms with Crippen molar-refractivity contribution in [2.75, 3.05) is 11.1 Å². The first-order chi connectivity index (χ1) is 11.5. The zero-order valence-corrected chi connectivity index (χ0v) is 13.3. The van der Waals surface area contributed by atoms with E-state index >= 15 is 0 Å². The Bertz CT molecular complexity index is 1040. The zero-order valence-electron chi connectivity index (χ0n) is 12.5. The molecule has 1 aliphatic rings. The first kappa shape index (κ1) is 14.7. The number of benzene rings is 1. The van der Waals surface area contributed by atoms with Gasteiger partial charge in [-0.2, -0.15) is 4.73 Å². The van der Waals surface area contributed by atoms with Crippen LogP contribution in [0, 0.1) is 5.21 Å². The summed E-state index contributed by atoms with van der Waals surface area (Å²) in [5.74, 6) is 0.300. The Labute approximate surface area is 138 Å². The third kappa shape index (κ3) is 2.61. The molecular formula is C16H14N4O3S. The van der Waals surface area contributed by atoms with Crippen molar-refractivity contribution in [3.05, 3.63) is 59.3 Å². The van der Waals surface area contributed by atoms with Crippen molar-refractivity contribution in [1.29, 1.82) is 0 Å². The number of aromatic amines is 1. The molecule has 3 aromatic rings. The molecule has 2 N–H and O–H groups in total. The summed E-state index contributed by atoms with van der Waals surface area (Å²) in [4.78, 5) is 0. The van der Waals surface area contributed by atoms with E-state index in [1.165, 1.54) is 11.6 Å². The molecule has 24 heavy (non-hydrogen) atoms. The van der Waals surface area contributed by atoms with E-state index < -0.39 is 15.9 Å². The molecule has 0 amide bonds. The number of anilines is 1. The smallest absolute Gasteiger partial charge is 0.286 e. The number of sulfone groups is 1. The highest BCUT2D eigenvalue weighted by atomic mass is 32.2. The van der Waals surface area contributed by atoms with Gasteiger partial charge in [0, 0.05) is 11.0 Å². The molecule has 1 aromatic carbocycles. The second-order valence-electron chi connectivity index (χ2n) is 5.66. The lowest BCUT2D eigenvalue weighted by atomic mass is 10.1. The van der Waals surface area contributed by atoms with Gasteiger partial charge in [-0.3, -0.25) is 5.10 Å². The standard InChI is InChI=1S/C16H14N4O3S/c21-20-9-12(11-4-2-1-3-5-11)8-14-15(20)16(19-18-14)17-13-6-7-24(22,23)10-13/h1-9,13H,10H2,(H2,17,18,19)/t13-/m1/s1. The molecule has 0 spiro atoms. The number of H-pyrrole nitrogens is 1. The number of hydrogen-bond acceptors (Lipinski definition) is 5. The SMILES string of the molecule is O=S1(=O)C=C[C@@H](Nc2n[nH]c3cc(-c4ccccc4)c[n+]([O-])c23)C1. The van der Waals surface area contributed by atoms with Gasteiger partial charge in [0.15, 0.2) is 16.0 Å². The molecule has 0 radical (unpaired) electrons. The molecule has 0 bridgehead atoms. The Hall–Kier alpha value is -2.87. The molecule has 0 saturated carbocycles. The number of hydrogen-bond donors (Lipinski definition) is 2. The van der Waals surface area contributed by atoms with Crippen LogP contribution < -0.4 is 10.0 Å². The van der Waals surface area contributed by atoms with Gasteiger partial charge in [0.1, 0.15) is 5.52 Å². The van der Waals surface area contributed by atoms with Crippen LogP contribution in [0.2, 0.25) is 0 Å². The van der Waals surface area contributed by atoms with Gasteiger partial charge in [-0.05, 0) is 17.7 Å². The van der Waals surface area contributed by atoms with Crippen LogP contribution >= 0.6 is 0 Å². The number of aromatic nitrogens is 3. The van der Waals surface area contributed by atoms with Crippen molar-refractivity contribution >= 4 is 26.7 Å². The van der Waals surface area contributed by atoms with Gasteiger partial charge in [-0.1, -0.05) is 30.3 Å². The monoisotopic (exact) mass is 342 g/mol. The van der Waals surface area contributed by atoms with Crippen LogP contribution in [0.5, 0.6) is 0 Å². The van der Waals surface area contributed by atoms with E-state index in [2.05, 4.69) is 15.5 Å². The average molecular weight is 342 g/mol. The fraction of sp³-hybridized carbons (Fsp3) is 0.125. The molecule has 1 aliphatic heterocycles. The summed E-state index contributed by atoms with van der Waals surface area (Å²) in [7, 11) is -3.17. The molecule has 8 heteroatoms. The third-order valence-electron chi connectivity index (χ3n) is 3.90. The molecular weight excluding hydrogens is 328 g/mol. The van der Waals surface area contributed by atoms with Gasteiger partial charge in [0.05, 0.1) is 11.8 Å². The van der Waals surface area contributed by atoms with E-state index in [1.54, 1.807) is 6.08 Å². The van der Waals surface area contributed by atoms with E-state index in [1.807, 2.05) is 36.4 Å². The van der Waals surface area contributed by atoms with E-state index in [4.69, 9.17) is 0 Å². The molecule has 2 aromatic heterocycles. The predicted octanol–water partition coefficient (Wildman–Crippen LogP) is 1.59. The van der Waals surface area contributed by atoms with Crippen molar-refractivity contribution in [1.82, 2.24) is 10.2 Å². The minimum absolute atomic E-state index is 0.0394. The number of nitrogens with zero attached hydrogens (tertiary/aromatic N) is 2. The minimum Gasteiger partial charge on any atom is -0.618 e. The lowest BCUT2D eigenvalue weighted by Gasteiger charge is -2.09. The van der Waals surface area contributed by atoms with Gasteiger partial charge in [0.2, 0.25) is 5.82 Å². The normalized spacial score (nSPS) is 18.9. The number of nitrogens with one attached hydrogen (secondary N) is 2. The first-order valence-corrected chi connectivity index (χ1v) is 9.08. The number of pyridine rings is 1. The summed E-state index contributed by atoms with van der Waals surface area (Å²) in [6.07, 6.45) is 3.04. The van der Waals surface area contributed by atoms with Crippen molar-refractivity contribution in [3.8, 4) is 11.1 Å². The molecule has 0 aliphatic carbocycles. The summed E-state index contributed by atoms with van der Waals surface area (Å²) >= 11 is 0. The van der Waals surface area contributed by atoms with Gasteiger partial charge in [-0.15, -0.1) is 5.10 Å². The van der Waals surface area contributed by atoms with Gasteiger partial charge >= 0.3 is 0 Å². The highest BCUT2D eigenvalue weighted by Crippen LogP contribution is 2.24. The molecule has 122 valence electrons. The second-order valence-corrected chi connectivity index (χ2v) is 7.60. The Morgan fingerprint density at radius 3 is 2.75 bits per heavy atom. The second kappa shape index (κ2) is 5.34. The fourth-order valence-electron chi connectivity index (χ4n) is 2.79. The summed E-state index contributed by atoms with van der Waals surface area (Å²) in [6, 6.07) is 11.0. The van der Waals surface area contributed by atoms with Crippen LogP contribution in [-0.2, 0) is 9.84 Å². The first-order valence-electron chi connectivity index (χ1n) is 7.36. The van der Waals surface area contributed by atoms with Crippen molar-refractivity contribution in [2.24, 2.45) is 0 Å². The van der Waals surface area contributed by atoms with Gasteiger partial charge in [-0.25, -0.2) is 8.42 Å². The van der Waals surface area contributed by atoms with Crippen LogP contribution in [0.25, 0.3) is 22.2 Å². The van der Waals surface area contributed by atoms with Crippen LogP contribution in [0.3, 0.4) is 0 Å². The minimum atomic E-state index is -3.17. The molecule has 0 saturated heterocycles. The summed E-state index contributed by atoms with van der Waals surface area (Å²) in [5.41, 5.74) is 2.64. The number of rotatable bonds is 3. The van der Waals surface area contributed by atoms with Crippen molar-refractivity contribution in [2.45, 2.75) is 6.04 Å². The highest BCUT2D eigenvalue weighted by Gasteiger charge is 2.25. The topological polar surface area (TPSA) is 102 Å². The highest BCUT2D eigenvalue weighted by molar-refractivity contribution is 7.94. The zero-order chi connectivity index (χ0) is 16.7. The van der Waals surface area contributed by atoms with Gasteiger partial charge in [0.25, 0.3) is 5.52 Å². The molecule has 7 nitrogen and oxygen atoms in total. The molecule has 4 rings (SSSR count). The van der Waals surface area contributed by atoms with Crippen molar-refractivity contribution < 1.29 is 13.1 Å². The van der Waals surface area contributed by atoms with E-state index in [-0.39, 0.29) is 5.75 Å². The van der Waals surface area contributed by atoms with E-state index in [0.717, 1.165) is 15.9 Å². The summed E-state index contributed by atoms with van der Waals surface area (Å²) in [6.45, 7) is 0. The van der Waals surface area contributed by atoms with Crippen LogP contribution in [0.15, 0.2) is 54.1 Å². The van der Waals surface area contributed by atoms with Crippen LogP contribution in [0.1, 0.15) is 0 Å². The molecule has 1 atom stereocenters. The third-order valence-corrected chi connectivity index (χ3v) is 5.30. The Kier molecular flexibility index (Phi) is 3.27. The lowest BCUT2D eigenvalue weighted by molar-refractivity contribution is -0.575. The quantitative estimate of drug-likeness (QED) is 0.556. The predicted molar refractivity (Wildman–Crippen MR) is 90.8 cm³/mol. The molecule has 0 fully saturated rings. The largest absolute Gasteiger partial charge is 0.618 e. The molecule has 3 heterocycles. The average Bonchev–Trinajstić information content (AvgIpc) is 3.12. The fourth-order valence-corrected chi connectivity index (χ4v) is 4.02. The summed E-state index contributed by atoms with van der Waals surface area (Å²) in [5, 5.41) is 23.5. The Morgan fingerprint density at radius 1 is 1.25 bits per heavy atom. The maximum Gasteiger partial charge on any atom is 0.286 e. The van der Waals surface area contributed by atoms with E-state index in [0.29, 0.717) is 16.9 Å². The Morgan fingerprint density at radius 2 is 2.04 bits per heavy atom. The van der Waals surface area contributed by atoms with Gasteiger partial charge < -0.3 is 10.5 Å². The van der Waals surface area contributed by atoms with Crippen molar-refractivity contribution in [3.63, 3.8) is 0 Å². The van der Waals surface area contributed by atoms with E-state index in [9.17, 15) is 13.6 Å². The van der Waals surface area contributed by atoms with Crippen LogP contribution in [-0.4, -0.2) is 30.4 Å². The van der Waals surface area contributed by atoms with Crippen LogP contribution in [0.4, 0.5) is 5.82 Å². The Balaban J connectivity index is 1.71.